The van der Waals surface area contributed by atoms with Gasteiger partial charge in [-0.3, -0.25) is 4.79 Å². The summed E-state index contributed by atoms with van der Waals surface area (Å²) in [6.45, 7) is 9.55. The highest BCUT2D eigenvalue weighted by molar-refractivity contribution is 5.79. The fraction of sp³-hybridized carbons (Fsp3) is 0.933. The van der Waals surface area contributed by atoms with Crippen molar-refractivity contribution in [3.05, 3.63) is 0 Å². The lowest BCUT2D eigenvalue weighted by Crippen LogP contribution is -2.51. The van der Waals surface area contributed by atoms with E-state index in [1.807, 2.05) is 0 Å². The van der Waals surface area contributed by atoms with E-state index in [0.717, 1.165) is 25.8 Å². The smallest absolute Gasteiger partial charge is 0.223 e. The Morgan fingerprint density at radius 2 is 2.00 bits per heavy atom. The molecule has 1 aliphatic rings. The van der Waals surface area contributed by atoms with Gasteiger partial charge in [0.15, 0.2) is 0 Å². The molecule has 1 amide bonds. The molecule has 3 heteroatoms. The van der Waals surface area contributed by atoms with Crippen LogP contribution in [-0.4, -0.2) is 18.5 Å². The highest BCUT2D eigenvalue weighted by Crippen LogP contribution is 2.44. The van der Waals surface area contributed by atoms with Crippen molar-refractivity contribution in [1.82, 2.24) is 5.32 Å². The van der Waals surface area contributed by atoms with Crippen molar-refractivity contribution in [2.45, 2.75) is 65.8 Å². The summed E-state index contributed by atoms with van der Waals surface area (Å²) in [5, 5.41) is 3.10. The molecule has 0 bridgehead atoms. The van der Waals surface area contributed by atoms with Crippen LogP contribution in [0.1, 0.15) is 59.8 Å². The van der Waals surface area contributed by atoms with Gasteiger partial charge < -0.3 is 11.1 Å². The summed E-state index contributed by atoms with van der Waals surface area (Å²) >= 11 is 0. The van der Waals surface area contributed by atoms with Crippen molar-refractivity contribution < 1.29 is 4.79 Å². The largest absolute Gasteiger partial charge is 0.356 e. The molecule has 0 heterocycles. The molecule has 0 aliphatic heterocycles. The van der Waals surface area contributed by atoms with Crippen LogP contribution < -0.4 is 11.1 Å². The van der Waals surface area contributed by atoms with Gasteiger partial charge in [0, 0.05) is 18.5 Å². The number of nitrogens with one attached hydrogen (secondary N) is 1. The van der Waals surface area contributed by atoms with E-state index in [2.05, 4.69) is 33.0 Å². The van der Waals surface area contributed by atoms with Crippen LogP contribution in [0.5, 0.6) is 0 Å². The van der Waals surface area contributed by atoms with E-state index in [1.54, 1.807) is 0 Å². The van der Waals surface area contributed by atoms with E-state index in [-0.39, 0.29) is 23.3 Å². The molecule has 1 fully saturated rings. The Bertz CT molecular complexity index is 276. The van der Waals surface area contributed by atoms with Crippen LogP contribution in [0.2, 0.25) is 0 Å². The number of carbonyl (C=O) groups excluding carboxylic acids is 1. The van der Waals surface area contributed by atoms with Gasteiger partial charge in [0.1, 0.15) is 0 Å². The van der Waals surface area contributed by atoms with Crippen molar-refractivity contribution in [2.24, 2.45) is 23.0 Å². The molecular weight excluding hydrogens is 224 g/mol. The maximum absolute atomic E-state index is 12.3. The second kappa shape index (κ2) is 6.55. The zero-order chi connectivity index (χ0) is 13.8. The number of hydrogen-bond donors (Lipinski definition) is 2. The topological polar surface area (TPSA) is 55.1 Å². The fourth-order valence-corrected chi connectivity index (χ4v) is 3.03. The summed E-state index contributed by atoms with van der Waals surface area (Å²) in [6.07, 6.45) is 5.37. The summed E-state index contributed by atoms with van der Waals surface area (Å²) in [5.74, 6) is 0.751. The predicted octanol–water partition coefficient (Wildman–Crippen LogP) is 2.69. The molecule has 1 aliphatic carbocycles. The first-order valence-electron chi connectivity index (χ1n) is 7.44. The lowest BCUT2D eigenvalue weighted by atomic mass is 9.61. The van der Waals surface area contributed by atoms with Gasteiger partial charge in [-0.2, -0.15) is 0 Å². The number of carbonyl (C=O) groups is 1. The summed E-state index contributed by atoms with van der Waals surface area (Å²) in [4.78, 5) is 12.3. The minimum absolute atomic E-state index is 0.00645. The van der Waals surface area contributed by atoms with Crippen LogP contribution in [0.3, 0.4) is 0 Å². The second-order valence-electron chi connectivity index (χ2n) is 6.40. The van der Waals surface area contributed by atoms with Gasteiger partial charge in [0.05, 0.1) is 0 Å². The molecule has 3 unspecified atom stereocenters. The van der Waals surface area contributed by atoms with Crippen molar-refractivity contribution in [1.29, 1.82) is 0 Å². The van der Waals surface area contributed by atoms with E-state index in [4.69, 9.17) is 5.73 Å². The Labute approximate surface area is 112 Å². The third-order valence-electron chi connectivity index (χ3n) is 4.90. The first-order valence-corrected chi connectivity index (χ1v) is 7.44. The maximum atomic E-state index is 12.3. The molecule has 3 atom stereocenters. The molecule has 1 rings (SSSR count). The number of amides is 1. The van der Waals surface area contributed by atoms with Gasteiger partial charge >= 0.3 is 0 Å². The highest BCUT2D eigenvalue weighted by atomic mass is 16.1. The summed E-state index contributed by atoms with van der Waals surface area (Å²) in [6, 6.07) is 0.240. The van der Waals surface area contributed by atoms with Gasteiger partial charge in [-0.25, -0.2) is 0 Å². The normalized spacial score (nSPS) is 31.1. The molecule has 3 N–H and O–H groups in total. The average Bonchev–Trinajstić information content (AvgIpc) is 2.31. The van der Waals surface area contributed by atoms with Crippen molar-refractivity contribution in [3.63, 3.8) is 0 Å². The van der Waals surface area contributed by atoms with E-state index in [1.165, 1.54) is 12.8 Å². The van der Waals surface area contributed by atoms with Crippen LogP contribution >= 0.6 is 0 Å². The van der Waals surface area contributed by atoms with Gasteiger partial charge in [-0.15, -0.1) is 0 Å². The molecule has 0 radical (unpaired) electrons. The van der Waals surface area contributed by atoms with E-state index in [9.17, 15) is 4.79 Å². The monoisotopic (exact) mass is 254 g/mol. The molecule has 0 aromatic heterocycles. The third kappa shape index (κ3) is 3.47. The molecule has 0 saturated heterocycles. The SMILES string of the molecule is CCCCCNC(=O)C1CCC(N)C(C)C1(C)C. The number of nitrogens with two attached hydrogens (primary N) is 1. The predicted molar refractivity (Wildman–Crippen MR) is 76.2 cm³/mol. The molecular formula is C15H30N2O. The molecule has 1 saturated carbocycles. The van der Waals surface area contributed by atoms with Crippen LogP contribution in [0.4, 0.5) is 0 Å². The third-order valence-corrected chi connectivity index (χ3v) is 4.90. The van der Waals surface area contributed by atoms with Crippen molar-refractivity contribution in [2.75, 3.05) is 6.54 Å². The van der Waals surface area contributed by atoms with E-state index >= 15 is 0 Å². The van der Waals surface area contributed by atoms with Gasteiger partial charge in [0.25, 0.3) is 0 Å². The number of rotatable bonds is 5. The molecule has 0 aromatic carbocycles. The van der Waals surface area contributed by atoms with Gasteiger partial charge in [0.2, 0.25) is 5.91 Å². The first kappa shape index (κ1) is 15.5. The fourth-order valence-electron chi connectivity index (χ4n) is 3.03. The Kier molecular flexibility index (Phi) is 5.64. The Morgan fingerprint density at radius 1 is 1.33 bits per heavy atom. The zero-order valence-electron chi connectivity index (χ0n) is 12.5. The molecule has 0 spiro atoms. The molecule has 18 heavy (non-hydrogen) atoms. The molecule has 106 valence electrons. The van der Waals surface area contributed by atoms with Crippen LogP contribution in [0.25, 0.3) is 0 Å². The number of hydrogen-bond acceptors (Lipinski definition) is 2. The van der Waals surface area contributed by atoms with Crippen LogP contribution in [0, 0.1) is 17.3 Å². The van der Waals surface area contributed by atoms with Gasteiger partial charge in [-0.1, -0.05) is 40.5 Å². The lowest BCUT2D eigenvalue weighted by Gasteiger charge is -2.46. The minimum atomic E-state index is 0.00645. The molecule has 0 aromatic rings. The average molecular weight is 254 g/mol. The minimum Gasteiger partial charge on any atom is -0.356 e. The Hall–Kier alpha value is -0.570. The zero-order valence-corrected chi connectivity index (χ0v) is 12.5. The summed E-state index contributed by atoms with van der Waals surface area (Å²) < 4.78 is 0. The number of unbranched alkanes of at least 4 members (excludes halogenated alkanes) is 2. The van der Waals surface area contributed by atoms with Gasteiger partial charge in [-0.05, 0) is 30.6 Å². The van der Waals surface area contributed by atoms with E-state index < -0.39 is 0 Å². The summed E-state index contributed by atoms with van der Waals surface area (Å²) in [7, 11) is 0. The van der Waals surface area contributed by atoms with Crippen LogP contribution in [0.15, 0.2) is 0 Å². The van der Waals surface area contributed by atoms with Crippen molar-refractivity contribution >= 4 is 5.91 Å². The second-order valence-corrected chi connectivity index (χ2v) is 6.40. The molecule has 3 nitrogen and oxygen atoms in total. The summed E-state index contributed by atoms with van der Waals surface area (Å²) in [5.41, 5.74) is 6.13. The Balaban J connectivity index is 2.51. The lowest BCUT2D eigenvalue weighted by molar-refractivity contribution is -0.132. The maximum Gasteiger partial charge on any atom is 0.223 e. The van der Waals surface area contributed by atoms with Crippen molar-refractivity contribution in [3.8, 4) is 0 Å². The standard InChI is InChI=1S/C15H30N2O/c1-5-6-7-10-17-14(18)12-8-9-13(16)11(2)15(12,3)4/h11-13H,5-10,16H2,1-4H3,(H,17,18). The van der Waals surface area contributed by atoms with E-state index in [0.29, 0.717) is 5.92 Å². The van der Waals surface area contributed by atoms with Crippen LogP contribution in [-0.2, 0) is 4.79 Å². The highest BCUT2D eigenvalue weighted by Gasteiger charge is 2.44. The Morgan fingerprint density at radius 3 is 2.61 bits per heavy atom. The quantitative estimate of drug-likeness (QED) is 0.741. The first-order chi connectivity index (χ1) is 8.41.